The Labute approximate surface area is 108 Å². The molecular weight excluding hydrogens is 256 g/mol. The molecule has 102 valence electrons. The molecule has 18 heavy (non-hydrogen) atoms. The van der Waals surface area contributed by atoms with E-state index in [9.17, 15) is 13.8 Å². The molecule has 1 saturated heterocycles. The highest BCUT2D eigenvalue weighted by molar-refractivity contribution is 7.85. The number of hydrogen-bond donors (Lipinski definition) is 3. The van der Waals surface area contributed by atoms with E-state index in [2.05, 4.69) is 17.2 Å². The van der Waals surface area contributed by atoms with Crippen LogP contribution in [0.25, 0.3) is 0 Å². The van der Waals surface area contributed by atoms with E-state index in [0.29, 0.717) is 24.3 Å². The summed E-state index contributed by atoms with van der Waals surface area (Å²) in [6.07, 6.45) is 2.96. The summed E-state index contributed by atoms with van der Waals surface area (Å²) in [6.45, 7) is 3.45. The minimum atomic E-state index is -1.09. The molecule has 0 bridgehead atoms. The number of carboxylic acid groups (broad SMARTS) is 1. The fourth-order valence-corrected chi connectivity index (χ4v) is 3.01. The second-order valence-electron chi connectivity index (χ2n) is 4.16. The number of amides is 2. The van der Waals surface area contributed by atoms with Crippen molar-refractivity contribution in [2.75, 3.05) is 11.5 Å². The zero-order valence-corrected chi connectivity index (χ0v) is 10.9. The normalized spacial score (nSPS) is 24.9. The van der Waals surface area contributed by atoms with Crippen molar-refractivity contribution in [1.29, 1.82) is 0 Å². The number of hydrogen-bond acceptors (Lipinski definition) is 3. The molecule has 0 aromatic carbocycles. The number of carbonyl (C=O) groups is 2. The number of rotatable bonds is 5. The van der Waals surface area contributed by atoms with Crippen LogP contribution in [0.3, 0.4) is 0 Å². The molecule has 6 nitrogen and oxygen atoms in total. The first kappa shape index (κ1) is 14.7. The second kappa shape index (κ2) is 7.15. The molecule has 0 aromatic rings. The SMILES string of the molecule is C=CCC(NC(=O)NC1CCS(=O)CC1)C(=O)O. The van der Waals surface area contributed by atoms with Crippen LogP contribution >= 0.6 is 0 Å². The van der Waals surface area contributed by atoms with Crippen molar-refractivity contribution in [3.05, 3.63) is 12.7 Å². The molecule has 0 spiro atoms. The summed E-state index contributed by atoms with van der Waals surface area (Å²) < 4.78 is 11.1. The topological polar surface area (TPSA) is 95.5 Å². The van der Waals surface area contributed by atoms with Crippen LogP contribution in [0.15, 0.2) is 12.7 Å². The Morgan fingerprint density at radius 2 is 2.06 bits per heavy atom. The van der Waals surface area contributed by atoms with E-state index in [1.807, 2.05) is 0 Å². The molecule has 2 amide bonds. The third-order valence-corrected chi connectivity index (χ3v) is 4.11. The van der Waals surface area contributed by atoms with Gasteiger partial charge in [-0.3, -0.25) is 4.21 Å². The highest BCUT2D eigenvalue weighted by atomic mass is 32.2. The molecule has 1 aliphatic rings. The van der Waals surface area contributed by atoms with E-state index >= 15 is 0 Å². The van der Waals surface area contributed by atoms with Crippen LogP contribution in [0.4, 0.5) is 4.79 Å². The third kappa shape index (κ3) is 4.87. The van der Waals surface area contributed by atoms with Gasteiger partial charge in [-0.25, -0.2) is 9.59 Å². The summed E-state index contributed by atoms with van der Waals surface area (Å²) in [7, 11) is -0.776. The first-order valence-corrected chi connectivity index (χ1v) is 7.27. The zero-order chi connectivity index (χ0) is 13.5. The summed E-state index contributed by atoms with van der Waals surface area (Å²) in [5.41, 5.74) is 0. The standard InChI is InChI=1S/C11H18N2O4S/c1-2-3-9(10(14)15)13-11(16)12-8-4-6-18(17)7-5-8/h2,8-9H,1,3-7H2,(H,14,15)(H2,12,13,16). The predicted octanol–water partition coefficient (Wildman–Crippen LogP) is 0.226. The van der Waals surface area contributed by atoms with Crippen LogP contribution in [0.2, 0.25) is 0 Å². The Bertz CT molecular complexity index is 349. The van der Waals surface area contributed by atoms with Gasteiger partial charge in [0.05, 0.1) is 0 Å². The molecule has 0 saturated carbocycles. The smallest absolute Gasteiger partial charge is 0.326 e. The van der Waals surface area contributed by atoms with E-state index in [1.54, 1.807) is 0 Å². The molecule has 1 unspecified atom stereocenters. The fourth-order valence-electron chi connectivity index (χ4n) is 1.71. The molecule has 1 aliphatic heterocycles. The van der Waals surface area contributed by atoms with Crippen molar-refractivity contribution < 1.29 is 18.9 Å². The molecule has 7 heteroatoms. The number of urea groups is 1. The lowest BCUT2D eigenvalue weighted by Gasteiger charge is -2.23. The van der Waals surface area contributed by atoms with Gasteiger partial charge in [-0.05, 0) is 19.3 Å². The van der Waals surface area contributed by atoms with Crippen molar-refractivity contribution in [2.45, 2.75) is 31.3 Å². The lowest BCUT2D eigenvalue weighted by Crippen LogP contribution is -2.50. The summed E-state index contributed by atoms with van der Waals surface area (Å²) in [6, 6.07) is -1.48. The number of carbonyl (C=O) groups excluding carboxylic acids is 1. The second-order valence-corrected chi connectivity index (χ2v) is 5.85. The van der Waals surface area contributed by atoms with Crippen molar-refractivity contribution >= 4 is 22.8 Å². The van der Waals surface area contributed by atoms with Crippen molar-refractivity contribution in [3.63, 3.8) is 0 Å². The van der Waals surface area contributed by atoms with Crippen LogP contribution in [0.5, 0.6) is 0 Å². The number of carboxylic acids is 1. The molecule has 0 aromatic heterocycles. The van der Waals surface area contributed by atoms with E-state index < -0.39 is 28.8 Å². The minimum absolute atomic E-state index is 0.0270. The first-order valence-electron chi connectivity index (χ1n) is 5.78. The quantitative estimate of drug-likeness (QED) is 0.625. The van der Waals surface area contributed by atoms with E-state index in [4.69, 9.17) is 5.11 Å². The highest BCUT2D eigenvalue weighted by Crippen LogP contribution is 2.08. The van der Waals surface area contributed by atoms with Crippen LogP contribution in [0.1, 0.15) is 19.3 Å². The largest absolute Gasteiger partial charge is 0.480 e. The average molecular weight is 274 g/mol. The maximum absolute atomic E-state index is 11.6. The summed E-state index contributed by atoms with van der Waals surface area (Å²) in [4.78, 5) is 22.4. The minimum Gasteiger partial charge on any atom is -0.480 e. The maximum Gasteiger partial charge on any atom is 0.326 e. The number of nitrogens with one attached hydrogen (secondary N) is 2. The van der Waals surface area contributed by atoms with E-state index in [0.717, 1.165) is 0 Å². The Kier molecular flexibility index (Phi) is 5.84. The lowest BCUT2D eigenvalue weighted by atomic mass is 10.1. The predicted molar refractivity (Wildman–Crippen MR) is 68.8 cm³/mol. The van der Waals surface area contributed by atoms with Crippen LogP contribution in [-0.4, -0.2) is 44.9 Å². The monoisotopic (exact) mass is 274 g/mol. The van der Waals surface area contributed by atoms with Gasteiger partial charge in [0, 0.05) is 28.3 Å². The van der Waals surface area contributed by atoms with Crippen LogP contribution in [0, 0.1) is 0 Å². The number of aliphatic carboxylic acids is 1. The molecule has 1 fully saturated rings. The lowest BCUT2D eigenvalue weighted by molar-refractivity contribution is -0.139. The van der Waals surface area contributed by atoms with Crippen LogP contribution < -0.4 is 10.6 Å². The Hall–Kier alpha value is -1.37. The first-order chi connectivity index (χ1) is 8.52. The summed E-state index contributed by atoms with van der Waals surface area (Å²) in [5, 5.41) is 13.9. The van der Waals surface area contributed by atoms with E-state index in [1.165, 1.54) is 6.08 Å². The van der Waals surface area contributed by atoms with Crippen molar-refractivity contribution in [3.8, 4) is 0 Å². The van der Waals surface area contributed by atoms with Gasteiger partial charge in [-0.1, -0.05) is 6.08 Å². The summed E-state index contributed by atoms with van der Waals surface area (Å²) in [5.74, 6) is 0.0784. The molecule has 3 N–H and O–H groups in total. The molecule has 0 aliphatic carbocycles. The van der Waals surface area contributed by atoms with Gasteiger partial charge < -0.3 is 15.7 Å². The van der Waals surface area contributed by atoms with Gasteiger partial charge in [0.2, 0.25) is 0 Å². The van der Waals surface area contributed by atoms with Crippen molar-refractivity contribution in [1.82, 2.24) is 10.6 Å². The molecule has 1 atom stereocenters. The average Bonchev–Trinajstić information content (AvgIpc) is 2.31. The molecule has 1 rings (SSSR count). The van der Waals surface area contributed by atoms with Gasteiger partial charge in [0.15, 0.2) is 0 Å². The van der Waals surface area contributed by atoms with Gasteiger partial charge in [-0.15, -0.1) is 6.58 Å². The van der Waals surface area contributed by atoms with Gasteiger partial charge in [0.1, 0.15) is 6.04 Å². The molecular formula is C11H18N2O4S. The van der Waals surface area contributed by atoms with Gasteiger partial charge in [0.25, 0.3) is 0 Å². The van der Waals surface area contributed by atoms with Gasteiger partial charge >= 0.3 is 12.0 Å². The summed E-state index contributed by atoms with van der Waals surface area (Å²) >= 11 is 0. The maximum atomic E-state index is 11.6. The van der Waals surface area contributed by atoms with Crippen LogP contribution in [-0.2, 0) is 15.6 Å². The Morgan fingerprint density at radius 3 is 2.56 bits per heavy atom. The Morgan fingerprint density at radius 1 is 1.44 bits per heavy atom. The zero-order valence-electron chi connectivity index (χ0n) is 10.1. The van der Waals surface area contributed by atoms with Crippen molar-refractivity contribution in [2.24, 2.45) is 0 Å². The van der Waals surface area contributed by atoms with Gasteiger partial charge in [-0.2, -0.15) is 0 Å². The molecule has 0 radical (unpaired) electrons. The fraction of sp³-hybridized carbons (Fsp3) is 0.636. The Balaban J connectivity index is 2.37. The third-order valence-electron chi connectivity index (χ3n) is 2.73. The highest BCUT2D eigenvalue weighted by Gasteiger charge is 2.22. The molecule has 1 heterocycles. The van der Waals surface area contributed by atoms with E-state index in [-0.39, 0.29) is 12.5 Å².